The zero-order valence-corrected chi connectivity index (χ0v) is 14.3. The van der Waals surface area contributed by atoms with E-state index in [2.05, 4.69) is 10.6 Å². The van der Waals surface area contributed by atoms with Crippen molar-refractivity contribution in [2.45, 2.75) is 65.4 Å². The van der Waals surface area contributed by atoms with Gasteiger partial charge < -0.3 is 10.2 Å². The van der Waals surface area contributed by atoms with Crippen molar-refractivity contribution in [3.63, 3.8) is 0 Å². The van der Waals surface area contributed by atoms with Crippen LogP contribution in [0.15, 0.2) is 18.2 Å². The summed E-state index contributed by atoms with van der Waals surface area (Å²) in [5.41, 5.74) is 0.307. The smallest absolute Gasteiger partial charge is 0.194 e. The molecule has 1 aromatic carbocycles. The highest BCUT2D eigenvalue weighted by molar-refractivity contribution is 6.00. The van der Waals surface area contributed by atoms with Gasteiger partial charge in [0.25, 0.3) is 0 Å². The second kappa shape index (κ2) is 6.77. The summed E-state index contributed by atoms with van der Waals surface area (Å²) >= 11 is 0. The van der Waals surface area contributed by atoms with E-state index in [-0.39, 0.29) is 29.2 Å². The third-order valence-corrected chi connectivity index (χ3v) is 2.95. The van der Waals surface area contributed by atoms with Crippen LogP contribution < -0.4 is 10.6 Å². The Morgan fingerprint density at radius 1 is 1.09 bits per heavy atom. The predicted molar refractivity (Wildman–Crippen MR) is 87.9 cm³/mol. The monoisotopic (exact) mass is 308 g/mol. The molecular formula is C17H28N2O3. The van der Waals surface area contributed by atoms with Crippen molar-refractivity contribution in [3.8, 4) is 5.75 Å². The second-order valence-electron chi connectivity index (χ2n) is 7.59. The van der Waals surface area contributed by atoms with Gasteiger partial charge in [-0.05, 0) is 59.7 Å². The van der Waals surface area contributed by atoms with Crippen LogP contribution in [0.1, 0.15) is 57.5 Å². The van der Waals surface area contributed by atoms with Crippen molar-refractivity contribution in [1.82, 2.24) is 10.6 Å². The first-order chi connectivity index (χ1) is 9.93. The summed E-state index contributed by atoms with van der Waals surface area (Å²) in [5, 5.41) is 25.4. The molecule has 5 heteroatoms. The van der Waals surface area contributed by atoms with E-state index >= 15 is 0 Å². The fourth-order valence-electron chi connectivity index (χ4n) is 2.07. The van der Waals surface area contributed by atoms with E-state index in [4.69, 9.17) is 0 Å². The molecule has 4 N–H and O–H groups in total. The molecule has 0 unspecified atom stereocenters. The molecule has 0 heterocycles. The van der Waals surface area contributed by atoms with Crippen LogP contribution in [0.5, 0.6) is 5.75 Å². The first-order valence-electron chi connectivity index (χ1n) is 7.45. The minimum atomic E-state index is -0.559. The van der Waals surface area contributed by atoms with Crippen molar-refractivity contribution in [2.24, 2.45) is 0 Å². The maximum atomic E-state index is 12.8. The highest BCUT2D eigenvalue weighted by atomic mass is 16.3. The normalized spacial score (nSPS) is 12.7. The Labute approximate surface area is 132 Å². The maximum absolute atomic E-state index is 12.8. The Morgan fingerprint density at radius 2 is 1.59 bits per heavy atom. The topological polar surface area (TPSA) is 81.6 Å². The molecule has 0 saturated heterocycles. The van der Waals surface area contributed by atoms with Gasteiger partial charge in [-0.15, -0.1) is 0 Å². The van der Waals surface area contributed by atoms with Gasteiger partial charge in [0.15, 0.2) is 5.78 Å². The van der Waals surface area contributed by atoms with Crippen molar-refractivity contribution in [1.29, 1.82) is 0 Å². The Balaban J connectivity index is 3.10. The summed E-state index contributed by atoms with van der Waals surface area (Å²) in [6.07, 6.45) is -0.559. The van der Waals surface area contributed by atoms with Crippen LogP contribution in [0, 0.1) is 0 Å². The number of benzene rings is 1. The molecule has 0 bridgehead atoms. The molecule has 1 rings (SSSR count). The van der Waals surface area contributed by atoms with E-state index in [1.165, 1.54) is 12.1 Å². The molecular weight excluding hydrogens is 280 g/mol. The lowest BCUT2D eigenvalue weighted by Gasteiger charge is -2.33. The van der Waals surface area contributed by atoms with Crippen LogP contribution in [-0.2, 0) is 6.61 Å². The van der Waals surface area contributed by atoms with E-state index in [1.807, 2.05) is 41.5 Å². The first-order valence-corrected chi connectivity index (χ1v) is 7.45. The van der Waals surface area contributed by atoms with Gasteiger partial charge in [0, 0.05) is 22.2 Å². The number of phenols is 1. The van der Waals surface area contributed by atoms with Crippen LogP contribution in [0.4, 0.5) is 0 Å². The van der Waals surface area contributed by atoms with Crippen molar-refractivity contribution in [3.05, 3.63) is 29.3 Å². The number of nitrogens with one attached hydrogen (secondary N) is 2. The minimum absolute atomic E-state index is 0.0110. The van der Waals surface area contributed by atoms with E-state index in [9.17, 15) is 15.0 Å². The molecule has 0 atom stereocenters. The van der Waals surface area contributed by atoms with Gasteiger partial charge in [0.2, 0.25) is 0 Å². The number of carbonyl (C=O) groups is 1. The third-order valence-electron chi connectivity index (χ3n) is 2.95. The SMILES string of the molecule is CC(C)(C)NC(NC(C)(C)C)C(=O)c1ccc(O)c(CO)c1. The number of hydrogen-bond donors (Lipinski definition) is 4. The average Bonchev–Trinajstić information content (AvgIpc) is 2.34. The summed E-state index contributed by atoms with van der Waals surface area (Å²) in [6.45, 7) is 11.7. The maximum Gasteiger partial charge on any atom is 0.194 e. The van der Waals surface area contributed by atoms with Gasteiger partial charge in [-0.2, -0.15) is 0 Å². The van der Waals surface area contributed by atoms with E-state index < -0.39 is 6.17 Å². The zero-order chi connectivity index (χ0) is 17.1. The summed E-state index contributed by atoms with van der Waals surface area (Å²) < 4.78 is 0. The number of rotatable bonds is 5. The molecule has 124 valence electrons. The fourth-order valence-corrected chi connectivity index (χ4v) is 2.07. The van der Waals surface area contributed by atoms with Crippen LogP contribution >= 0.6 is 0 Å². The minimum Gasteiger partial charge on any atom is -0.508 e. The van der Waals surface area contributed by atoms with Crippen LogP contribution in [0.3, 0.4) is 0 Å². The van der Waals surface area contributed by atoms with E-state index in [0.717, 1.165) is 0 Å². The van der Waals surface area contributed by atoms with Crippen LogP contribution in [-0.4, -0.2) is 33.2 Å². The van der Waals surface area contributed by atoms with Gasteiger partial charge in [0.05, 0.1) is 6.61 Å². The van der Waals surface area contributed by atoms with Gasteiger partial charge >= 0.3 is 0 Å². The molecule has 0 aliphatic rings. The molecule has 0 aliphatic heterocycles. The third kappa shape index (κ3) is 5.75. The summed E-state index contributed by atoms with van der Waals surface area (Å²) in [4.78, 5) is 12.8. The predicted octanol–water partition coefficient (Wildman–Crippen LogP) is 2.17. The number of ketones is 1. The molecule has 5 nitrogen and oxygen atoms in total. The number of Topliss-reactive ketones (excluding diaryl/α,β-unsaturated/α-hetero) is 1. The zero-order valence-electron chi connectivity index (χ0n) is 14.3. The lowest BCUT2D eigenvalue weighted by Crippen LogP contribution is -2.59. The van der Waals surface area contributed by atoms with E-state index in [1.54, 1.807) is 6.07 Å². The Hall–Kier alpha value is -1.43. The largest absolute Gasteiger partial charge is 0.508 e. The van der Waals surface area contributed by atoms with Gasteiger partial charge in [-0.3, -0.25) is 15.4 Å². The highest BCUT2D eigenvalue weighted by Crippen LogP contribution is 2.20. The van der Waals surface area contributed by atoms with Crippen LogP contribution in [0.25, 0.3) is 0 Å². The molecule has 22 heavy (non-hydrogen) atoms. The Bertz CT molecular complexity index is 512. The standard InChI is InChI=1S/C17H28N2O3/c1-16(2,3)18-15(19-17(4,5)6)14(22)11-7-8-13(21)12(9-11)10-20/h7-9,15,18-21H,10H2,1-6H3. The van der Waals surface area contributed by atoms with Crippen LogP contribution in [0.2, 0.25) is 0 Å². The Kier molecular flexibility index (Phi) is 5.73. The number of hydrogen-bond acceptors (Lipinski definition) is 5. The summed E-state index contributed by atoms with van der Waals surface area (Å²) in [5.74, 6) is -0.136. The van der Waals surface area contributed by atoms with Crippen molar-refractivity contribution in [2.75, 3.05) is 0 Å². The molecule has 0 aliphatic carbocycles. The fraction of sp³-hybridized carbons (Fsp3) is 0.588. The molecule has 0 radical (unpaired) electrons. The number of aliphatic hydroxyl groups excluding tert-OH is 1. The van der Waals surface area contributed by atoms with Crippen molar-refractivity contribution < 1.29 is 15.0 Å². The van der Waals surface area contributed by atoms with E-state index in [0.29, 0.717) is 11.1 Å². The highest BCUT2D eigenvalue weighted by Gasteiger charge is 2.28. The number of aliphatic hydroxyl groups is 1. The second-order valence-corrected chi connectivity index (χ2v) is 7.59. The molecule has 0 aromatic heterocycles. The van der Waals surface area contributed by atoms with Gasteiger partial charge in [0.1, 0.15) is 11.9 Å². The quantitative estimate of drug-likeness (QED) is 0.495. The molecule has 0 fully saturated rings. The lowest BCUT2D eigenvalue weighted by atomic mass is 10.00. The average molecular weight is 308 g/mol. The summed E-state index contributed by atoms with van der Waals surface area (Å²) in [6, 6.07) is 4.53. The summed E-state index contributed by atoms with van der Waals surface area (Å²) in [7, 11) is 0. The van der Waals surface area contributed by atoms with Gasteiger partial charge in [-0.25, -0.2) is 0 Å². The molecule has 1 aromatic rings. The Morgan fingerprint density at radius 3 is 2.00 bits per heavy atom. The molecule has 0 saturated carbocycles. The molecule has 0 amide bonds. The first kappa shape index (κ1) is 18.6. The lowest BCUT2D eigenvalue weighted by molar-refractivity contribution is 0.0878. The number of carbonyl (C=O) groups excluding carboxylic acids is 1. The number of aromatic hydroxyl groups is 1. The van der Waals surface area contributed by atoms with Gasteiger partial charge in [-0.1, -0.05) is 0 Å². The molecule has 0 spiro atoms. The van der Waals surface area contributed by atoms with Crippen molar-refractivity contribution >= 4 is 5.78 Å².